The Morgan fingerprint density at radius 3 is 1.94 bits per heavy atom. The minimum absolute atomic E-state index is 0.0544. The molecule has 1 fully saturated rings. The Hall–Kier alpha value is -3.34. The number of amides is 1. The molecule has 0 unspecified atom stereocenters. The van der Waals surface area contributed by atoms with Gasteiger partial charge in [0.15, 0.2) is 23.3 Å². The Bertz CT molecular complexity index is 1280. The van der Waals surface area contributed by atoms with Gasteiger partial charge >= 0.3 is 0 Å². The monoisotopic (exact) mass is 569 g/mol. The van der Waals surface area contributed by atoms with Gasteiger partial charge in [0.25, 0.3) is 5.91 Å². The highest BCUT2D eigenvalue weighted by Crippen LogP contribution is 2.32. The maximum absolute atomic E-state index is 14.1. The fourth-order valence-electron chi connectivity index (χ4n) is 4.18. The SMILES string of the molecule is COc1c(C)cc(Br)cc1C(=O)Nc1ccc(N2CCN(c3c(F)c(F)c(F)c(F)c3F)CC2)cc1. The summed E-state index contributed by atoms with van der Waals surface area (Å²) in [6.07, 6.45) is 0. The predicted molar refractivity (Wildman–Crippen MR) is 130 cm³/mol. The zero-order valence-electron chi connectivity index (χ0n) is 19.3. The standard InChI is InChI=1S/C25H21BrF5N3O2/c1-13-11-14(26)12-17(24(13)36-2)25(35)32-15-3-5-16(6-4-15)33-7-9-34(10-8-33)23-21(30)19(28)18(27)20(29)22(23)31/h3-6,11-12H,7-10H2,1-2H3,(H,32,35). The first-order valence-electron chi connectivity index (χ1n) is 10.9. The van der Waals surface area contributed by atoms with Crippen LogP contribution in [-0.2, 0) is 0 Å². The molecule has 3 aromatic rings. The molecule has 1 aliphatic rings. The molecule has 0 saturated carbocycles. The van der Waals surface area contributed by atoms with Gasteiger partial charge in [-0.05, 0) is 48.9 Å². The van der Waals surface area contributed by atoms with Crippen LogP contribution < -0.4 is 19.9 Å². The number of hydrogen-bond donors (Lipinski definition) is 1. The molecule has 1 N–H and O–H groups in total. The van der Waals surface area contributed by atoms with Crippen molar-refractivity contribution in [3.63, 3.8) is 0 Å². The number of nitrogens with one attached hydrogen (secondary N) is 1. The molecule has 36 heavy (non-hydrogen) atoms. The molecular weight excluding hydrogens is 549 g/mol. The molecule has 190 valence electrons. The quantitative estimate of drug-likeness (QED) is 0.231. The summed E-state index contributed by atoms with van der Waals surface area (Å²) in [7, 11) is 1.49. The number of methoxy groups -OCH3 is 1. The molecule has 1 heterocycles. The first-order valence-corrected chi connectivity index (χ1v) is 11.7. The molecule has 4 rings (SSSR count). The van der Waals surface area contributed by atoms with E-state index >= 15 is 0 Å². The lowest BCUT2D eigenvalue weighted by molar-refractivity contribution is 0.102. The van der Waals surface area contributed by atoms with E-state index in [0.29, 0.717) is 30.1 Å². The van der Waals surface area contributed by atoms with Crippen molar-refractivity contribution in [2.24, 2.45) is 0 Å². The highest BCUT2D eigenvalue weighted by molar-refractivity contribution is 9.10. The van der Waals surface area contributed by atoms with Gasteiger partial charge in [-0.25, -0.2) is 22.0 Å². The Morgan fingerprint density at radius 2 is 1.39 bits per heavy atom. The minimum atomic E-state index is -2.17. The summed E-state index contributed by atoms with van der Waals surface area (Å²) in [5.41, 5.74) is 1.59. The molecular formula is C25H21BrF5N3O2. The van der Waals surface area contributed by atoms with Crippen LogP contribution in [0.4, 0.5) is 39.0 Å². The molecule has 1 saturated heterocycles. The third-order valence-corrected chi connectivity index (χ3v) is 6.42. The van der Waals surface area contributed by atoms with Gasteiger partial charge in [-0.2, -0.15) is 0 Å². The lowest BCUT2D eigenvalue weighted by Crippen LogP contribution is -2.47. The molecule has 0 spiro atoms. The maximum atomic E-state index is 14.1. The van der Waals surface area contributed by atoms with Crippen molar-refractivity contribution in [2.45, 2.75) is 6.92 Å². The van der Waals surface area contributed by atoms with Crippen LogP contribution >= 0.6 is 15.9 Å². The number of piperazine rings is 1. The topological polar surface area (TPSA) is 44.8 Å². The van der Waals surface area contributed by atoms with Crippen molar-refractivity contribution in [3.05, 3.63) is 81.1 Å². The zero-order valence-corrected chi connectivity index (χ0v) is 20.9. The van der Waals surface area contributed by atoms with Gasteiger partial charge in [-0.1, -0.05) is 15.9 Å². The largest absolute Gasteiger partial charge is 0.496 e. The van der Waals surface area contributed by atoms with Crippen LogP contribution in [0.5, 0.6) is 5.75 Å². The number of aryl methyl sites for hydroxylation is 1. The fraction of sp³-hybridized carbons (Fsp3) is 0.240. The fourth-order valence-corrected chi connectivity index (χ4v) is 4.76. The van der Waals surface area contributed by atoms with Gasteiger partial charge in [0.1, 0.15) is 11.4 Å². The Morgan fingerprint density at radius 1 is 0.861 bits per heavy atom. The number of hydrogen-bond acceptors (Lipinski definition) is 4. The van der Waals surface area contributed by atoms with Gasteiger partial charge in [-0.3, -0.25) is 4.79 Å². The van der Waals surface area contributed by atoms with Gasteiger partial charge in [0.05, 0.1) is 12.7 Å². The highest BCUT2D eigenvalue weighted by Gasteiger charge is 2.30. The molecule has 1 amide bonds. The summed E-state index contributed by atoms with van der Waals surface area (Å²) in [4.78, 5) is 15.9. The molecule has 3 aromatic carbocycles. The zero-order chi connectivity index (χ0) is 26.1. The first kappa shape index (κ1) is 25.7. The molecule has 0 radical (unpaired) electrons. The van der Waals surface area contributed by atoms with E-state index < -0.39 is 34.8 Å². The average Bonchev–Trinajstić information content (AvgIpc) is 2.87. The summed E-state index contributed by atoms with van der Waals surface area (Å²) in [5.74, 6) is -9.64. The second kappa shape index (κ2) is 10.3. The highest BCUT2D eigenvalue weighted by atomic mass is 79.9. The molecule has 11 heteroatoms. The van der Waals surface area contributed by atoms with Crippen LogP contribution in [0.15, 0.2) is 40.9 Å². The Labute approximate surface area is 212 Å². The number of carbonyl (C=O) groups excluding carboxylic acids is 1. The molecule has 0 bridgehead atoms. The second-order valence-electron chi connectivity index (χ2n) is 8.20. The number of anilines is 3. The van der Waals surface area contributed by atoms with Gasteiger partial charge < -0.3 is 19.9 Å². The third-order valence-electron chi connectivity index (χ3n) is 5.96. The van der Waals surface area contributed by atoms with Crippen molar-refractivity contribution < 1.29 is 31.5 Å². The van der Waals surface area contributed by atoms with E-state index in [1.807, 2.05) is 17.9 Å². The van der Waals surface area contributed by atoms with Crippen molar-refractivity contribution in [1.82, 2.24) is 0 Å². The third kappa shape index (κ3) is 4.84. The molecule has 1 aliphatic heterocycles. The number of halogens is 6. The molecule has 0 aliphatic carbocycles. The Balaban J connectivity index is 1.43. The van der Waals surface area contributed by atoms with Gasteiger partial charge in [0.2, 0.25) is 5.82 Å². The average molecular weight is 570 g/mol. The molecule has 0 atom stereocenters. The normalized spacial score (nSPS) is 13.7. The second-order valence-corrected chi connectivity index (χ2v) is 9.11. The summed E-state index contributed by atoms with van der Waals surface area (Å²) >= 11 is 3.38. The van der Waals surface area contributed by atoms with E-state index in [0.717, 1.165) is 20.6 Å². The van der Waals surface area contributed by atoms with E-state index in [2.05, 4.69) is 21.2 Å². The summed E-state index contributed by atoms with van der Waals surface area (Å²) in [6, 6.07) is 10.5. The van der Waals surface area contributed by atoms with Crippen LogP contribution in [0, 0.1) is 36.0 Å². The Kier molecular flexibility index (Phi) is 7.39. The number of nitrogens with zero attached hydrogens (tertiary/aromatic N) is 2. The lowest BCUT2D eigenvalue weighted by Gasteiger charge is -2.37. The van der Waals surface area contributed by atoms with Crippen molar-refractivity contribution in [2.75, 3.05) is 48.4 Å². The summed E-state index contributed by atoms with van der Waals surface area (Å²) < 4.78 is 74.9. The predicted octanol–water partition coefficient (Wildman–Crippen LogP) is 6.04. The number of ether oxygens (including phenoxy) is 1. The van der Waals surface area contributed by atoms with E-state index in [9.17, 15) is 26.7 Å². The van der Waals surface area contributed by atoms with Crippen molar-refractivity contribution in [1.29, 1.82) is 0 Å². The summed E-state index contributed by atoms with van der Waals surface area (Å²) in [6.45, 7) is 2.53. The molecule has 5 nitrogen and oxygen atoms in total. The number of rotatable bonds is 5. The van der Waals surface area contributed by atoms with Crippen LogP contribution in [0.3, 0.4) is 0 Å². The number of benzene rings is 3. The first-order chi connectivity index (χ1) is 17.1. The van der Waals surface area contributed by atoms with Crippen LogP contribution in [-0.4, -0.2) is 39.2 Å². The summed E-state index contributed by atoms with van der Waals surface area (Å²) in [5, 5.41) is 2.82. The van der Waals surface area contributed by atoms with Crippen molar-refractivity contribution >= 4 is 38.9 Å². The molecule has 0 aromatic heterocycles. The van der Waals surface area contributed by atoms with Gasteiger partial charge in [0, 0.05) is 42.0 Å². The minimum Gasteiger partial charge on any atom is -0.496 e. The maximum Gasteiger partial charge on any atom is 0.259 e. The van der Waals surface area contributed by atoms with Crippen LogP contribution in [0.1, 0.15) is 15.9 Å². The van der Waals surface area contributed by atoms with E-state index in [1.165, 1.54) is 7.11 Å². The van der Waals surface area contributed by atoms with Crippen LogP contribution in [0.25, 0.3) is 0 Å². The van der Waals surface area contributed by atoms with E-state index in [4.69, 9.17) is 4.74 Å². The number of carbonyl (C=O) groups is 1. The lowest BCUT2D eigenvalue weighted by atomic mass is 10.1. The van der Waals surface area contributed by atoms with E-state index in [1.54, 1.807) is 30.3 Å². The smallest absolute Gasteiger partial charge is 0.259 e. The van der Waals surface area contributed by atoms with Gasteiger partial charge in [-0.15, -0.1) is 0 Å². The van der Waals surface area contributed by atoms with Crippen LogP contribution in [0.2, 0.25) is 0 Å². The van der Waals surface area contributed by atoms with E-state index in [-0.39, 0.29) is 19.0 Å². The van der Waals surface area contributed by atoms with Crippen molar-refractivity contribution in [3.8, 4) is 5.75 Å².